The number of allylic oxidation sites excluding steroid dienone is 11. The Balaban J connectivity index is 4.00. The molecule has 0 aromatic carbocycles. The van der Waals surface area contributed by atoms with Crippen molar-refractivity contribution in [3.63, 3.8) is 0 Å². The van der Waals surface area contributed by atoms with Gasteiger partial charge in [-0.2, -0.15) is 0 Å². The van der Waals surface area contributed by atoms with Crippen LogP contribution in [0, 0.1) is 0 Å². The Bertz CT molecular complexity index is 1570. The zero-order valence-corrected chi connectivity index (χ0v) is 55.8. The summed E-state index contributed by atoms with van der Waals surface area (Å²) in [5, 5.41) is 14.0. The van der Waals surface area contributed by atoms with E-state index in [4.69, 9.17) is 9.05 Å². The fourth-order valence-corrected chi connectivity index (χ4v) is 11.2. The Morgan fingerprint density at radius 1 is 0.439 bits per heavy atom. The molecule has 2 N–H and O–H groups in total. The van der Waals surface area contributed by atoms with Crippen LogP contribution in [0.4, 0.5) is 0 Å². The molecule has 0 aliphatic carbocycles. The van der Waals surface area contributed by atoms with Crippen LogP contribution in [0.1, 0.15) is 335 Å². The summed E-state index contributed by atoms with van der Waals surface area (Å²) in [6.07, 6.45) is 88.8. The van der Waals surface area contributed by atoms with E-state index in [-0.39, 0.29) is 19.1 Å². The van der Waals surface area contributed by atoms with E-state index in [0.29, 0.717) is 17.4 Å². The predicted molar refractivity (Wildman–Crippen MR) is 357 cm³/mol. The molecule has 0 fully saturated rings. The van der Waals surface area contributed by atoms with Crippen molar-refractivity contribution in [3.8, 4) is 0 Å². The summed E-state index contributed by atoms with van der Waals surface area (Å²) in [4.78, 5) is 25.6. The van der Waals surface area contributed by atoms with Crippen LogP contribution in [0.5, 0.6) is 0 Å². The molecule has 0 bridgehead atoms. The van der Waals surface area contributed by atoms with Gasteiger partial charge in [-0.25, -0.2) is 0 Å². The van der Waals surface area contributed by atoms with E-state index in [1.165, 1.54) is 244 Å². The van der Waals surface area contributed by atoms with Gasteiger partial charge in [0.05, 0.1) is 39.9 Å². The van der Waals surface area contributed by atoms with Gasteiger partial charge < -0.3 is 28.8 Å². The Kier molecular flexibility index (Phi) is 61.8. The predicted octanol–water partition coefficient (Wildman–Crippen LogP) is 21.9. The average Bonchev–Trinajstić information content (AvgIpc) is 3.47. The average molecular weight is 1170 g/mol. The van der Waals surface area contributed by atoms with E-state index in [2.05, 4.69) is 79.9 Å². The highest BCUT2D eigenvalue weighted by Crippen LogP contribution is 2.38. The molecule has 0 aromatic rings. The normalized spacial score (nSPS) is 14.1. The van der Waals surface area contributed by atoms with Crippen LogP contribution in [0.2, 0.25) is 0 Å². The largest absolute Gasteiger partial charge is 0.756 e. The number of carbonyl (C=O) groups excluding carboxylic acids is 1. The molecule has 82 heavy (non-hydrogen) atoms. The van der Waals surface area contributed by atoms with Gasteiger partial charge in [0, 0.05) is 6.42 Å². The second-order valence-electron chi connectivity index (χ2n) is 25.2. The van der Waals surface area contributed by atoms with Gasteiger partial charge in [-0.1, -0.05) is 337 Å². The van der Waals surface area contributed by atoms with Crippen molar-refractivity contribution < 1.29 is 32.9 Å². The summed E-state index contributed by atoms with van der Waals surface area (Å²) in [5.41, 5.74) is 0. The van der Waals surface area contributed by atoms with Gasteiger partial charge in [0.1, 0.15) is 13.2 Å². The Morgan fingerprint density at radius 3 is 1.09 bits per heavy atom. The third-order valence-electron chi connectivity index (χ3n) is 15.9. The number of carbonyl (C=O) groups is 1. The van der Waals surface area contributed by atoms with E-state index in [1.807, 2.05) is 27.2 Å². The number of amides is 1. The molecule has 0 heterocycles. The number of aliphatic hydroxyl groups is 1. The molecule has 0 aliphatic heterocycles. The number of likely N-dealkylation sites (N-methyl/N-ethyl adjacent to an activating group) is 1. The fourth-order valence-electron chi connectivity index (χ4n) is 10.5. The molecule has 0 spiro atoms. The number of aliphatic hydroxyl groups excluding tert-OH is 1. The number of quaternary nitrogens is 1. The molecule has 8 nitrogen and oxygen atoms in total. The molecule has 0 saturated carbocycles. The van der Waals surface area contributed by atoms with Gasteiger partial charge in [-0.05, 0) is 64.2 Å². The maximum absolute atomic E-state index is 13.0. The second kappa shape index (κ2) is 63.4. The highest BCUT2D eigenvalue weighted by molar-refractivity contribution is 7.45. The molecular formula is C73H137N2O6P. The SMILES string of the molecule is CC/C=C\C/C=C\C/C=C\C/C=C\C/C=C\CCCCCCCCCCCCCCCCCCCCCCCC(=O)NC(COP(=O)([O-])OCC[N+](C)(C)C)C(O)/C=C/CCCCCCCCCCCCCCCCCCCCCCC. The summed E-state index contributed by atoms with van der Waals surface area (Å²) in [6, 6.07) is -0.888. The molecule has 0 aliphatic rings. The van der Waals surface area contributed by atoms with Crippen molar-refractivity contribution in [3.05, 3.63) is 72.9 Å². The number of hydrogen-bond donors (Lipinski definition) is 2. The van der Waals surface area contributed by atoms with Gasteiger partial charge in [0.25, 0.3) is 7.82 Å². The number of unbranched alkanes of at least 4 members (excludes halogenated alkanes) is 42. The van der Waals surface area contributed by atoms with Crippen LogP contribution in [0.25, 0.3) is 0 Å². The second-order valence-corrected chi connectivity index (χ2v) is 26.6. The van der Waals surface area contributed by atoms with Crippen molar-refractivity contribution in [2.24, 2.45) is 0 Å². The minimum absolute atomic E-state index is 0.000487. The summed E-state index contributed by atoms with van der Waals surface area (Å²) in [5.74, 6) is -0.192. The van der Waals surface area contributed by atoms with Crippen LogP contribution in [0.15, 0.2) is 72.9 Å². The Hall–Kier alpha value is -2.06. The lowest BCUT2D eigenvalue weighted by molar-refractivity contribution is -0.870. The van der Waals surface area contributed by atoms with Crippen LogP contribution in [-0.4, -0.2) is 68.5 Å². The van der Waals surface area contributed by atoms with Crippen molar-refractivity contribution in [2.45, 2.75) is 347 Å². The van der Waals surface area contributed by atoms with Crippen molar-refractivity contribution in [2.75, 3.05) is 40.9 Å². The molecule has 0 aromatic heterocycles. The van der Waals surface area contributed by atoms with Crippen molar-refractivity contribution in [1.82, 2.24) is 5.32 Å². The molecule has 480 valence electrons. The molecule has 9 heteroatoms. The summed E-state index contributed by atoms with van der Waals surface area (Å²) >= 11 is 0. The first-order chi connectivity index (χ1) is 40.0. The lowest BCUT2D eigenvalue weighted by atomic mass is 10.0. The summed E-state index contributed by atoms with van der Waals surface area (Å²) < 4.78 is 23.5. The van der Waals surface area contributed by atoms with Gasteiger partial charge in [-0.15, -0.1) is 0 Å². The molecule has 1 amide bonds. The highest BCUT2D eigenvalue weighted by atomic mass is 31.2. The van der Waals surface area contributed by atoms with E-state index in [1.54, 1.807) is 6.08 Å². The first kappa shape index (κ1) is 79.9. The quantitative estimate of drug-likeness (QED) is 0.0272. The number of phosphoric ester groups is 1. The third-order valence-corrected chi connectivity index (χ3v) is 16.9. The zero-order valence-electron chi connectivity index (χ0n) is 54.9. The molecule has 0 radical (unpaired) electrons. The minimum Gasteiger partial charge on any atom is -0.756 e. The first-order valence-corrected chi connectivity index (χ1v) is 36.8. The van der Waals surface area contributed by atoms with Crippen LogP contribution in [-0.2, 0) is 18.4 Å². The number of nitrogens with one attached hydrogen (secondary N) is 1. The molecular weight excluding hydrogens is 1030 g/mol. The number of nitrogens with zero attached hydrogens (tertiary/aromatic N) is 1. The molecule has 3 unspecified atom stereocenters. The Labute approximate surface area is 510 Å². The molecule has 0 rings (SSSR count). The third kappa shape index (κ3) is 65.5. The van der Waals surface area contributed by atoms with Gasteiger partial charge in [0.15, 0.2) is 0 Å². The lowest BCUT2D eigenvalue weighted by Crippen LogP contribution is -2.45. The van der Waals surface area contributed by atoms with E-state index in [9.17, 15) is 19.4 Å². The molecule has 3 atom stereocenters. The zero-order chi connectivity index (χ0) is 59.8. The maximum Gasteiger partial charge on any atom is 0.268 e. The highest BCUT2D eigenvalue weighted by Gasteiger charge is 2.23. The van der Waals surface area contributed by atoms with Gasteiger partial charge >= 0.3 is 0 Å². The number of hydrogen-bond acceptors (Lipinski definition) is 6. The van der Waals surface area contributed by atoms with Gasteiger partial charge in [-0.3, -0.25) is 9.36 Å². The van der Waals surface area contributed by atoms with Crippen molar-refractivity contribution in [1.29, 1.82) is 0 Å². The minimum atomic E-state index is -4.60. The standard InChI is InChI=1S/C73H137N2O6P/c1-6-8-10-12-14-16-18-20-22-24-26-28-30-31-32-33-34-35-36-37-38-39-40-41-42-43-45-47-49-51-53-55-57-59-61-63-65-67-73(77)74-71(70-81-82(78,79)80-69-68-75(3,4)5)72(76)66-64-62-60-58-56-54-52-50-48-46-44-29-27-25-23-21-19-17-15-13-11-9-7-2/h8,10,14,16,20,22,26,28,31-32,64,66,71-72,76H,6-7,9,11-13,15,17-19,21,23-25,27,29-30,33-63,65,67-70H2,1-5H3,(H-,74,77,78,79)/b10-8-,16-14-,22-20-,28-26-,32-31-,66-64+. The first-order valence-electron chi connectivity index (χ1n) is 35.3. The smallest absolute Gasteiger partial charge is 0.268 e. The topological polar surface area (TPSA) is 108 Å². The van der Waals surface area contributed by atoms with Crippen LogP contribution in [0.3, 0.4) is 0 Å². The maximum atomic E-state index is 13.0. The summed E-state index contributed by atoms with van der Waals surface area (Å²) in [7, 11) is 1.27. The van der Waals surface area contributed by atoms with Crippen LogP contribution >= 0.6 is 7.82 Å². The number of phosphoric acid groups is 1. The van der Waals surface area contributed by atoms with E-state index in [0.717, 1.165) is 70.6 Å². The van der Waals surface area contributed by atoms with E-state index >= 15 is 0 Å². The molecule has 0 saturated heterocycles. The fraction of sp³-hybridized carbons (Fsp3) is 0.822. The Morgan fingerprint density at radius 2 is 0.744 bits per heavy atom. The van der Waals surface area contributed by atoms with Gasteiger partial charge in [0.2, 0.25) is 5.91 Å². The van der Waals surface area contributed by atoms with Crippen LogP contribution < -0.4 is 10.2 Å². The number of rotatable bonds is 65. The monoisotopic (exact) mass is 1170 g/mol. The van der Waals surface area contributed by atoms with Crippen molar-refractivity contribution >= 4 is 13.7 Å². The van der Waals surface area contributed by atoms with E-state index < -0.39 is 20.0 Å². The summed E-state index contributed by atoms with van der Waals surface area (Å²) in [6.45, 7) is 4.58. The lowest BCUT2D eigenvalue weighted by Gasteiger charge is -2.29.